The van der Waals surface area contributed by atoms with Crippen molar-refractivity contribution in [1.82, 2.24) is 9.80 Å². The second-order valence-corrected chi connectivity index (χ2v) is 5.92. The zero-order valence-corrected chi connectivity index (χ0v) is 14.0. The van der Waals surface area contributed by atoms with E-state index in [2.05, 4.69) is 6.58 Å². The summed E-state index contributed by atoms with van der Waals surface area (Å²) in [5.74, 6) is -0.746. The van der Waals surface area contributed by atoms with Gasteiger partial charge in [-0.1, -0.05) is 36.9 Å². The highest BCUT2D eigenvalue weighted by Gasteiger charge is 2.32. The fraction of sp³-hybridized carbons (Fsp3) is 0.200. The fourth-order valence-corrected chi connectivity index (χ4v) is 2.97. The number of carbonyl (C=O) groups excluding carboxylic acids is 2. The molecular formula is C20H19FN2O2. The minimum Gasteiger partial charge on any atom is -0.337 e. The van der Waals surface area contributed by atoms with Gasteiger partial charge in [0.05, 0.1) is 0 Å². The van der Waals surface area contributed by atoms with Crippen LogP contribution in [-0.4, -0.2) is 34.7 Å². The van der Waals surface area contributed by atoms with Crippen molar-refractivity contribution >= 4 is 17.5 Å². The lowest BCUT2D eigenvalue weighted by atomic mass is 10.1. The molecule has 1 aliphatic heterocycles. The van der Waals surface area contributed by atoms with Crippen molar-refractivity contribution in [1.29, 1.82) is 0 Å². The molecule has 0 unspecified atom stereocenters. The molecule has 4 nitrogen and oxygen atoms in total. The molecule has 0 saturated heterocycles. The van der Waals surface area contributed by atoms with Crippen molar-refractivity contribution in [2.75, 3.05) is 13.1 Å². The third-order valence-corrected chi connectivity index (χ3v) is 4.33. The Labute approximate surface area is 146 Å². The van der Waals surface area contributed by atoms with Gasteiger partial charge >= 0.3 is 0 Å². The molecule has 0 N–H and O–H groups in total. The van der Waals surface area contributed by atoms with Crippen LogP contribution in [0.5, 0.6) is 0 Å². The molecule has 2 amide bonds. The molecule has 2 aromatic carbocycles. The highest BCUT2D eigenvalue weighted by Crippen LogP contribution is 2.30. The van der Waals surface area contributed by atoms with Gasteiger partial charge in [-0.25, -0.2) is 4.39 Å². The van der Waals surface area contributed by atoms with E-state index in [0.29, 0.717) is 29.9 Å². The zero-order chi connectivity index (χ0) is 18.0. The molecule has 0 atom stereocenters. The summed E-state index contributed by atoms with van der Waals surface area (Å²) >= 11 is 0. The monoisotopic (exact) mass is 338 g/mol. The molecule has 0 aliphatic carbocycles. The Balaban J connectivity index is 1.73. The minimum absolute atomic E-state index is 0.0739. The standard InChI is InChI=1S/C20H19FN2O2/c1-3-22(12-15-7-6-8-16(21)11-15)19(24)13-23-14(2)17-9-4-5-10-18(17)20(23)25/h4-11H,2-3,12-13H2,1H3. The lowest BCUT2D eigenvalue weighted by Crippen LogP contribution is -2.39. The molecule has 0 bridgehead atoms. The van der Waals surface area contributed by atoms with Crippen LogP contribution in [0.25, 0.3) is 5.70 Å². The second-order valence-electron chi connectivity index (χ2n) is 5.92. The van der Waals surface area contributed by atoms with E-state index in [1.165, 1.54) is 17.0 Å². The molecule has 128 valence electrons. The van der Waals surface area contributed by atoms with Crippen LogP contribution in [0.15, 0.2) is 55.1 Å². The van der Waals surface area contributed by atoms with Crippen LogP contribution in [0.3, 0.4) is 0 Å². The Hall–Kier alpha value is -2.95. The summed E-state index contributed by atoms with van der Waals surface area (Å²) < 4.78 is 13.3. The molecule has 0 saturated carbocycles. The number of carbonyl (C=O) groups is 2. The topological polar surface area (TPSA) is 40.6 Å². The Morgan fingerprint density at radius 2 is 1.88 bits per heavy atom. The molecule has 3 rings (SSSR count). The number of halogens is 1. The molecule has 2 aromatic rings. The van der Waals surface area contributed by atoms with Crippen molar-refractivity contribution in [3.8, 4) is 0 Å². The lowest BCUT2D eigenvalue weighted by molar-refractivity contribution is -0.131. The van der Waals surface area contributed by atoms with Crippen LogP contribution < -0.4 is 0 Å². The molecule has 1 aliphatic rings. The van der Waals surface area contributed by atoms with E-state index in [4.69, 9.17) is 0 Å². The number of rotatable bonds is 5. The average Bonchev–Trinajstić information content (AvgIpc) is 2.85. The van der Waals surface area contributed by atoms with Crippen LogP contribution in [0.4, 0.5) is 4.39 Å². The predicted octanol–water partition coefficient (Wildman–Crippen LogP) is 3.30. The van der Waals surface area contributed by atoms with E-state index in [0.717, 1.165) is 5.56 Å². The van der Waals surface area contributed by atoms with Crippen LogP contribution in [0, 0.1) is 5.82 Å². The van der Waals surface area contributed by atoms with Crippen LogP contribution >= 0.6 is 0 Å². The summed E-state index contributed by atoms with van der Waals surface area (Å²) in [6, 6.07) is 13.3. The number of amides is 2. The summed E-state index contributed by atoms with van der Waals surface area (Å²) in [4.78, 5) is 28.2. The van der Waals surface area contributed by atoms with E-state index >= 15 is 0 Å². The Bertz CT molecular complexity index is 812. The largest absolute Gasteiger partial charge is 0.337 e. The smallest absolute Gasteiger partial charge is 0.259 e. The van der Waals surface area contributed by atoms with E-state index in [1.54, 1.807) is 29.2 Å². The Kier molecular flexibility index (Phi) is 4.65. The van der Waals surface area contributed by atoms with Crippen molar-refractivity contribution in [2.45, 2.75) is 13.5 Å². The summed E-state index contributed by atoms with van der Waals surface area (Å²) in [7, 11) is 0. The van der Waals surface area contributed by atoms with Gasteiger partial charge in [0, 0.05) is 29.9 Å². The maximum absolute atomic E-state index is 13.3. The van der Waals surface area contributed by atoms with Gasteiger partial charge in [-0.2, -0.15) is 0 Å². The summed E-state index contributed by atoms with van der Waals surface area (Å²) in [6.07, 6.45) is 0. The maximum Gasteiger partial charge on any atom is 0.259 e. The zero-order valence-electron chi connectivity index (χ0n) is 14.0. The third-order valence-electron chi connectivity index (χ3n) is 4.33. The number of hydrogen-bond donors (Lipinski definition) is 0. The van der Waals surface area contributed by atoms with E-state index in [9.17, 15) is 14.0 Å². The number of hydrogen-bond acceptors (Lipinski definition) is 2. The molecule has 0 fully saturated rings. The highest BCUT2D eigenvalue weighted by molar-refractivity contribution is 6.10. The SMILES string of the molecule is C=C1c2ccccc2C(=O)N1CC(=O)N(CC)Cc1cccc(F)c1. The average molecular weight is 338 g/mol. The van der Waals surface area contributed by atoms with Gasteiger partial charge in [-0.3, -0.25) is 14.5 Å². The molecule has 5 heteroatoms. The highest BCUT2D eigenvalue weighted by atomic mass is 19.1. The van der Waals surface area contributed by atoms with Crippen LogP contribution in [-0.2, 0) is 11.3 Å². The number of likely N-dealkylation sites (N-methyl/N-ethyl adjacent to an activating group) is 1. The van der Waals surface area contributed by atoms with Crippen molar-refractivity contribution in [3.05, 3.63) is 77.6 Å². The quantitative estimate of drug-likeness (QED) is 0.839. The van der Waals surface area contributed by atoms with Gasteiger partial charge in [0.25, 0.3) is 5.91 Å². The normalized spacial score (nSPS) is 13.1. The first-order valence-electron chi connectivity index (χ1n) is 8.13. The second kappa shape index (κ2) is 6.89. The number of benzene rings is 2. The minimum atomic E-state index is -0.334. The molecule has 0 spiro atoms. The third kappa shape index (κ3) is 3.31. The Morgan fingerprint density at radius 3 is 2.52 bits per heavy atom. The molecule has 25 heavy (non-hydrogen) atoms. The van der Waals surface area contributed by atoms with E-state index in [-0.39, 0.29) is 24.2 Å². The van der Waals surface area contributed by atoms with E-state index < -0.39 is 0 Å². The molecule has 1 heterocycles. The van der Waals surface area contributed by atoms with Gasteiger partial charge in [-0.05, 0) is 30.7 Å². The van der Waals surface area contributed by atoms with Gasteiger partial charge in [0.1, 0.15) is 12.4 Å². The summed E-state index contributed by atoms with van der Waals surface area (Å²) in [6.45, 7) is 6.49. The first-order valence-corrected chi connectivity index (χ1v) is 8.13. The van der Waals surface area contributed by atoms with Gasteiger partial charge in [-0.15, -0.1) is 0 Å². The fourth-order valence-electron chi connectivity index (χ4n) is 2.97. The first-order chi connectivity index (χ1) is 12.0. The lowest BCUT2D eigenvalue weighted by Gasteiger charge is -2.25. The predicted molar refractivity (Wildman–Crippen MR) is 94.0 cm³/mol. The molecule has 0 radical (unpaired) electrons. The van der Waals surface area contributed by atoms with Gasteiger partial charge in [0.2, 0.25) is 5.91 Å². The summed E-state index contributed by atoms with van der Waals surface area (Å²) in [5, 5.41) is 0. The van der Waals surface area contributed by atoms with Crippen LogP contribution in [0.2, 0.25) is 0 Å². The Morgan fingerprint density at radius 1 is 1.16 bits per heavy atom. The number of nitrogens with zero attached hydrogens (tertiary/aromatic N) is 2. The van der Waals surface area contributed by atoms with Crippen molar-refractivity contribution < 1.29 is 14.0 Å². The van der Waals surface area contributed by atoms with Crippen molar-refractivity contribution in [3.63, 3.8) is 0 Å². The first kappa shape index (κ1) is 16.9. The molecule has 0 aromatic heterocycles. The van der Waals surface area contributed by atoms with Crippen molar-refractivity contribution in [2.24, 2.45) is 0 Å². The maximum atomic E-state index is 13.3. The van der Waals surface area contributed by atoms with Gasteiger partial charge < -0.3 is 4.90 Å². The van der Waals surface area contributed by atoms with E-state index in [1.807, 2.05) is 19.1 Å². The molecular weight excluding hydrogens is 319 g/mol. The summed E-state index contributed by atoms with van der Waals surface area (Å²) in [5.41, 5.74) is 2.57. The van der Waals surface area contributed by atoms with Crippen LogP contribution in [0.1, 0.15) is 28.4 Å². The van der Waals surface area contributed by atoms with Gasteiger partial charge in [0.15, 0.2) is 0 Å². The number of fused-ring (bicyclic) bond motifs is 1.